The fourth-order valence-corrected chi connectivity index (χ4v) is 4.53. The molecular weight excluding hydrogens is 276 g/mol. The highest BCUT2D eigenvalue weighted by Crippen LogP contribution is 2.39. The van der Waals surface area contributed by atoms with E-state index < -0.39 is 0 Å². The molecule has 1 aliphatic carbocycles. The van der Waals surface area contributed by atoms with Crippen LogP contribution in [0.15, 0.2) is 5.38 Å². The van der Waals surface area contributed by atoms with Gasteiger partial charge in [0.25, 0.3) is 0 Å². The van der Waals surface area contributed by atoms with Crippen molar-refractivity contribution in [1.82, 2.24) is 10.3 Å². The van der Waals surface area contributed by atoms with E-state index in [0.29, 0.717) is 6.04 Å². The molecule has 2 rings (SSSR count). The number of hydrogen-bond donors (Lipinski definition) is 1. The van der Waals surface area contributed by atoms with Gasteiger partial charge in [-0.15, -0.1) is 11.3 Å². The van der Waals surface area contributed by atoms with E-state index in [0.717, 1.165) is 18.4 Å². The molecule has 3 unspecified atom stereocenters. The third-order valence-corrected chi connectivity index (χ3v) is 5.55. The predicted octanol–water partition coefficient (Wildman–Crippen LogP) is 5.31. The van der Waals surface area contributed by atoms with E-state index in [9.17, 15) is 0 Å². The lowest BCUT2D eigenvalue weighted by molar-refractivity contribution is 0.223. The van der Waals surface area contributed by atoms with Crippen molar-refractivity contribution >= 4 is 11.3 Å². The first-order chi connectivity index (χ1) is 9.91. The Balaban J connectivity index is 2.16. The smallest absolute Gasteiger partial charge is 0.110 e. The minimum Gasteiger partial charge on any atom is -0.308 e. The van der Waals surface area contributed by atoms with Crippen molar-refractivity contribution in [3.05, 3.63) is 16.1 Å². The number of nitrogens with zero attached hydrogens (tertiary/aromatic N) is 1. The summed E-state index contributed by atoms with van der Waals surface area (Å²) < 4.78 is 0. The van der Waals surface area contributed by atoms with Crippen molar-refractivity contribution in [2.45, 2.75) is 78.2 Å². The zero-order valence-corrected chi connectivity index (χ0v) is 15.2. The molecule has 0 radical (unpaired) electrons. The molecule has 2 nitrogen and oxygen atoms in total. The lowest BCUT2D eigenvalue weighted by Crippen LogP contribution is -2.32. The highest BCUT2D eigenvalue weighted by Gasteiger charge is 2.30. The number of nitrogens with one attached hydrogen (secondary N) is 1. The molecule has 0 bridgehead atoms. The second kappa shape index (κ2) is 7.23. The minimum atomic E-state index is 0.157. The standard InChI is InChI=1S/C18H32N2S/c1-6-10-19-16(14-9-7-8-13(2)11-14)17-20-15(12-21-17)18(3,4)5/h12-14,16,19H,6-11H2,1-5H3. The number of rotatable bonds is 5. The summed E-state index contributed by atoms with van der Waals surface area (Å²) in [6.45, 7) is 12.5. The quantitative estimate of drug-likeness (QED) is 0.797. The van der Waals surface area contributed by atoms with Gasteiger partial charge in [-0.25, -0.2) is 4.98 Å². The molecule has 1 N–H and O–H groups in total. The van der Waals surface area contributed by atoms with Gasteiger partial charge in [0.2, 0.25) is 0 Å². The molecule has 1 aromatic heterocycles. The fraction of sp³-hybridized carbons (Fsp3) is 0.833. The van der Waals surface area contributed by atoms with Crippen LogP contribution in [0, 0.1) is 11.8 Å². The highest BCUT2D eigenvalue weighted by molar-refractivity contribution is 7.09. The van der Waals surface area contributed by atoms with Crippen molar-refractivity contribution in [1.29, 1.82) is 0 Å². The average molecular weight is 309 g/mol. The molecule has 1 fully saturated rings. The zero-order chi connectivity index (χ0) is 15.5. The van der Waals surface area contributed by atoms with Crippen molar-refractivity contribution < 1.29 is 0 Å². The number of aromatic nitrogens is 1. The summed E-state index contributed by atoms with van der Waals surface area (Å²) in [5.74, 6) is 1.64. The summed E-state index contributed by atoms with van der Waals surface area (Å²) in [5.41, 5.74) is 1.40. The van der Waals surface area contributed by atoms with Gasteiger partial charge in [-0.05, 0) is 37.6 Å². The molecule has 1 saturated carbocycles. The second-order valence-corrected chi connectivity index (χ2v) is 8.67. The third kappa shape index (κ3) is 4.53. The van der Waals surface area contributed by atoms with Crippen LogP contribution in [0.25, 0.3) is 0 Å². The van der Waals surface area contributed by atoms with Crippen LogP contribution in [0.2, 0.25) is 0 Å². The van der Waals surface area contributed by atoms with E-state index in [1.807, 2.05) is 11.3 Å². The van der Waals surface area contributed by atoms with Crippen LogP contribution in [-0.4, -0.2) is 11.5 Å². The van der Waals surface area contributed by atoms with Gasteiger partial charge in [-0.3, -0.25) is 0 Å². The van der Waals surface area contributed by atoms with Crippen LogP contribution in [0.1, 0.15) is 83.5 Å². The Bertz CT molecular complexity index is 433. The molecular formula is C18H32N2S. The predicted molar refractivity (Wildman–Crippen MR) is 93.0 cm³/mol. The zero-order valence-electron chi connectivity index (χ0n) is 14.4. The topological polar surface area (TPSA) is 24.9 Å². The maximum Gasteiger partial charge on any atom is 0.110 e. The highest BCUT2D eigenvalue weighted by atomic mass is 32.1. The first kappa shape index (κ1) is 17.0. The van der Waals surface area contributed by atoms with Gasteiger partial charge in [0.05, 0.1) is 11.7 Å². The fourth-order valence-electron chi connectivity index (χ4n) is 3.31. The van der Waals surface area contributed by atoms with Gasteiger partial charge >= 0.3 is 0 Å². The van der Waals surface area contributed by atoms with Crippen molar-refractivity contribution in [3.8, 4) is 0 Å². The molecule has 0 aliphatic heterocycles. The Morgan fingerprint density at radius 3 is 2.71 bits per heavy atom. The van der Waals surface area contributed by atoms with Gasteiger partial charge in [-0.1, -0.05) is 47.5 Å². The van der Waals surface area contributed by atoms with Crippen LogP contribution >= 0.6 is 11.3 Å². The van der Waals surface area contributed by atoms with Gasteiger partial charge in [0, 0.05) is 10.8 Å². The van der Waals surface area contributed by atoms with Crippen molar-refractivity contribution in [2.75, 3.05) is 6.54 Å². The second-order valence-electron chi connectivity index (χ2n) is 7.78. The summed E-state index contributed by atoms with van der Waals surface area (Å²) in [5, 5.41) is 7.37. The van der Waals surface area contributed by atoms with Gasteiger partial charge in [-0.2, -0.15) is 0 Å². The lowest BCUT2D eigenvalue weighted by atomic mass is 9.78. The van der Waals surface area contributed by atoms with E-state index in [-0.39, 0.29) is 5.41 Å². The van der Waals surface area contributed by atoms with E-state index in [4.69, 9.17) is 4.98 Å². The van der Waals surface area contributed by atoms with Crippen LogP contribution in [0.4, 0.5) is 0 Å². The third-order valence-electron chi connectivity index (χ3n) is 4.62. The first-order valence-electron chi connectivity index (χ1n) is 8.61. The van der Waals surface area contributed by atoms with E-state index in [1.165, 1.54) is 42.8 Å². The average Bonchev–Trinajstić information content (AvgIpc) is 2.89. The Morgan fingerprint density at radius 2 is 2.14 bits per heavy atom. The summed E-state index contributed by atoms with van der Waals surface area (Å²) >= 11 is 1.86. The van der Waals surface area contributed by atoms with Crippen LogP contribution in [0.3, 0.4) is 0 Å². The lowest BCUT2D eigenvalue weighted by Gasteiger charge is -2.33. The summed E-state index contributed by atoms with van der Waals surface area (Å²) in [6, 6.07) is 0.466. The van der Waals surface area contributed by atoms with Crippen LogP contribution in [-0.2, 0) is 5.41 Å². The molecule has 1 aromatic rings. The van der Waals surface area contributed by atoms with Gasteiger partial charge < -0.3 is 5.32 Å². The minimum absolute atomic E-state index is 0.157. The normalized spacial score (nSPS) is 25.0. The maximum absolute atomic E-state index is 4.99. The summed E-state index contributed by atoms with van der Waals surface area (Å²) in [7, 11) is 0. The Kier molecular flexibility index (Phi) is 5.84. The van der Waals surface area contributed by atoms with E-state index >= 15 is 0 Å². The monoisotopic (exact) mass is 308 g/mol. The largest absolute Gasteiger partial charge is 0.308 e. The van der Waals surface area contributed by atoms with E-state index in [2.05, 4.69) is 45.3 Å². The summed E-state index contributed by atoms with van der Waals surface area (Å²) in [6.07, 6.45) is 6.69. The number of thiazole rings is 1. The Morgan fingerprint density at radius 1 is 1.38 bits per heavy atom. The Labute approximate surface area is 134 Å². The molecule has 0 saturated heterocycles. The molecule has 0 aromatic carbocycles. The molecule has 0 spiro atoms. The molecule has 21 heavy (non-hydrogen) atoms. The molecule has 0 amide bonds. The molecule has 1 heterocycles. The van der Waals surface area contributed by atoms with Crippen molar-refractivity contribution in [3.63, 3.8) is 0 Å². The molecule has 1 aliphatic rings. The van der Waals surface area contributed by atoms with Gasteiger partial charge in [0.1, 0.15) is 5.01 Å². The SMILES string of the molecule is CCCNC(c1nc(C(C)(C)C)cs1)C1CCCC(C)C1. The first-order valence-corrected chi connectivity index (χ1v) is 9.49. The number of hydrogen-bond acceptors (Lipinski definition) is 3. The molecule has 3 atom stereocenters. The van der Waals surface area contributed by atoms with Crippen LogP contribution < -0.4 is 5.32 Å². The molecule has 120 valence electrons. The van der Waals surface area contributed by atoms with Crippen molar-refractivity contribution in [2.24, 2.45) is 11.8 Å². The molecule has 3 heteroatoms. The van der Waals surface area contributed by atoms with Gasteiger partial charge in [0.15, 0.2) is 0 Å². The maximum atomic E-state index is 4.99. The summed E-state index contributed by atoms with van der Waals surface area (Å²) in [4.78, 5) is 4.99. The van der Waals surface area contributed by atoms with E-state index in [1.54, 1.807) is 0 Å². The van der Waals surface area contributed by atoms with Crippen LogP contribution in [0.5, 0.6) is 0 Å². The Hall–Kier alpha value is -0.410.